The second kappa shape index (κ2) is 13.1. The zero-order valence-corrected chi connectivity index (χ0v) is 25.5. The third kappa shape index (κ3) is 6.51. The van der Waals surface area contributed by atoms with Crippen LogP contribution in [-0.4, -0.2) is 46.7 Å². The summed E-state index contributed by atoms with van der Waals surface area (Å²) in [7, 11) is 0. The van der Waals surface area contributed by atoms with E-state index >= 15 is 0 Å². The first-order valence-electron chi connectivity index (χ1n) is 13.6. The second-order valence-corrected chi connectivity index (χ2v) is 12.1. The van der Waals surface area contributed by atoms with Crippen LogP contribution in [0.3, 0.4) is 0 Å². The SMILES string of the molecule is NS.O=CNC1CCCC(N2CC(O)(c3ccc(OCc4c(-c5c(Cl)cccc5Cl)noc4C4CC4)cc3Cl)C2)C1. The maximum absolute atomic E-state index is 11.3. The lowest BCUT2D eigenvalue weighted by molar-refractivity contribution is -0.128. The first-order chi connectivity index (χ1) is 19.9. The highest BCUT2D eigenvalue weighted by molar-refractivity contribution is 7.77. The summed E-state index contributed by atoms with van der Waals surface area (Å²) in [5, 5.41) is 24.2. The molecule has 2 unspecified atom stereocenters. The van der Waals surface area contributed by atoms with Crippen LogP contribution in [0.2, 0.25) is 15.1 Å². The summed E-state index contributed by atoms with van der Waals surface area (Å²) in [5.74, 6) is 1.71. The first-order valence-corrected chi connectivity index (χ1v) is 15.3. The summed E-state index contributed by atoms with van der Waals surface area (Å²) in [4.78, 5) is 13.1. The number of nitrogens with one attached hydrogen (secondary N) is 1. The number of hydrogen-bond acceptors (Lipinski definition) is 8. The van der Waals surface area contributed by atoms with Crippen molar-refractivity contribution < 1.29 is 19.2 Å². The molecule has 2 saturated carbocycles. The van der Waals surface area contributed by atoms with Crippen molar-refractivity contribution >= 4 is 54.0 Å². The van der Waals surface area contributed by atoms with Crippen molar-refractivity contribution in [3.63, 3.8) is 0 Å². The molecule has 41 heavy (non-hydrogen) atoms. The van der Waals surface area contributed by atoms with E-state index < -0.39 is 5.60 Å². The summed E-state index contributed by atoms with van der Waals surface area (Å²) < 4.78 is 11.9. The molecule has 0 spiro atoms. The molecule has 12 heteroatoms. The van der Waals surface area contributed by atoms with Gasteiger partial charge in [0.2, 0.25) is 6.41 Å². The molecule has 3 aliphatic rings. The number of ether oxygens (including phenoxy) is 1. The smallest absolute Gasteiger partial charge is 0.207 e. The molecule has 0 radical (unpaired) electrons. The van der Waals surface area contributed by atoms with Gasteiger partial charge < -0.3 is 19.7 Å². The molecular formula is C29H33Cl3N4O4S. The fraction of sp³-hybridized carbons (Fsp3) is 0.448. The van der Waals surface area contributed by atoms with Crippen molar-refractivity contribution in [2.24, 2.45) is 5.14 Å². The molecule has 6 rings (SSSR count). The number of nitrogens with two attached hydrogens (primary N) is 1. The van der Waals surface area contributed by atoms with Gasteiger partial charge in [-0.15, -0.1) is 12.8 Å². The van der Waals surface area contributed by atoms with Crippen LogP contribution >= 0.6 is 47.6 Å². The molecule has 2 heterocycles. The van der Waals surface area contributed by atoms with Gasteiger partial charge in [-0.05, 0) is 62.8 Å². The van der Waals surface area contributed by atoms with E-state index in [1.807, 2.05) is 12.1 Å². The highest BCUT2D eigenvalue weighted by Crippen LogP contribution is 2.46. The number of halogens is 3. The number of likely N-dealkylation sites (tertiary alicyclic amines) is 1. The van der Waals surface area contributed by atoms with Crippen molar-refractivity contribution in [1.29, 1.82) is 0 Å². The number of β-amino-alcohol motifs (C(OH)–C–C–N with tert-alkyl or cyclic N) is 1. The van der Waals surface area contributed by atoms with Gasteiger partial charge in [-0.1, -0.05) is 52.1 Å². The number of aliphatic hydroxyl groups is 1. The van der Waals surface area contributed by atoms with Gasteiger partial charge >= 0.3 is 0 Å². The van der Waals surface area contributed by atoms with E-state index in [1.165, 1.54) is 0 Å². The van der Waals surface area contributed by atoms with E-state index in [-0.39, 0.29) is 12.6 Å². The summed E-state index contributed by atoms with van der Waals surface area (Å²) >= 11 is 22.6. The highest BCUT2D eigenvalue weighted by atomic mass is 35.5. The first kappa shape index (κ1) is 30.5. The van der Waals surface area contributed by atoms with E-state index in [1.54, 1.807) is 24.3 Å². The van der Waals surface area contributed by atoms with Crippen LogP contribution in [0.15, 0.2) is 40.9 Å². The zero-order chi connectivity index (χ0) is 29.1. The molecule has 2 aromatic carbocycles. The van der Waals surface area contributed by atoms with Crippen LogP contribution in [0.5, 0.6) is 5.75 Å². The molecular weight excluding hydrogens is 607 g/mol. The van der Waals surface area contributed by atoms with Crippen LogP contribution in [0.4, 0.5) is 0 Å². The Morgan fingerprint density at radius 3 is 2.51 bits per heavy atom. The van der Waals surface area contributed by atoms with E-state index in [0.717, 1.165) is 56.3 Å². The van der Waals surface area contributed by atoms with Gasteiger partial charge in [0.1, 0.15) is 29.4 Å². The summed E-state index contributed by atoms with van der Waals surface area (Å²) in [5.41, 5.74) is 1.73. The minimum absolute atomic E-state index is 0.204. The molecule has 1 amide bonds. The predicted octanol–water partition coefficient (Wildman–Crippen LogP) is 6.11. The average Bonchev–Trinajstić information content (AvgIpc) is 3.71. The molecule has 220 valence electrons. The summed E-state index contributed by atoms with van der Waals surface area (Å²) in [6.45, 7) is 1.25. The Balaban J connectivity index is 0.00000165. The molecule has 4 N–H and O–H groups in total. The molecule has 2 aliphatic carbocycles. The average molecular weight is 640 g/mol. The summed E-state index contributed by atoms with van der Waals surface area (Å²) in [6, 6.07) is 11.3. The standard InChI is InChI=1S/C29H30Cl3N3O4.H3NS/c30-23-5-2-6-24(31)26(23)27-21(28(39-34-27)17-7-8-17)13-38-20-9-10-22(25(32)12-20)29(37)14-35(15-29)19-4-1-3-18(11-19)33-16-36;1-2/h2,5-6,9-10,12,16-19,37H,1,3-4,7-8,11,13-15H2,(H,33,36);2H,1H2. The van der Waals surface area contributed by atoms with E-state index in [0.29, 0.717) is 62.7 Å². The van der Waals surface area contributed by atoms with E-state index in [9.17, 15) is 9.90 Å². The lowest BCUT2D eigenvalue weighted by Crippen LogP contribution is -2.63. The molecule has 1 aliphatic heterocycles. The van der Waals surface area contributed by atoms with E-state index in [2.05, 4.69) is 33.3 Å². The number of amides is 1. The lowest BCUT2D eigenvalue weighted by Gasteiger charge is -2.52. The van der Waals surface area contributed by atoms with Crippen LogP contribution in [-0.2, 0) is 17.0 Å². The monoisotopic (exact) mass is 638 g/mol. The minimum Gasteiger partial charge on any atom is -0.489 e. The molecule has 0 bridgehead atoms. The van der Waals surface area contributed by atoms with Crippen molar-refractivity contribution in [3.05, 3.63) is 68.4 Å². The van der Waals surface area contributed by atoms with Gasteiger partial charge in [0.05, 0.1) is 20.6 Å². The summed E-state index contributed by atoms with van der Waals surface area (Å²) in [6.07, 6.45) is 6.92. The van der Waals surface area contributed by atoms with Gasteiger partial charge in [-0.25, -0.2) is 0 Å². The quantitative estimate of drug-likeness (QED) is 0.165. The van der Waals surface area contributed by atoms with Crippen LogP contribution in [0, 0.1) is 0 Å². The van der Waals surface area contributed by atoms with Crippen molar-refractivity contribution in [2.45, 2.75) is 68.7 Å². The molecule has 2 atom stereocenters. The Morgan fingerprint density at radius 2 is 1.85 bits per heavy atom. The number of nitrogens with zero attached hydrogens (tertiary/aromatic N) is 2. The Bertz CT molecular complexity index is 1360. The zero-order valence-electron chi connectivity index (χ0n) is 22.4. The number of carbonyl (C=O) groups excluding carboxylic acids is 1. The maximum Gasteiger partial charge on any atom is 0.207 e. The highest BCUT2D eigenvalue weighted by Gasteiger charge is 2.47. The molecule has 3 fully saturated rings. The Morgan fingerprint density at radius 1 is 1.12 bits per heavy atom. The Labute approximate surface area is 260 Å². The largest absolute Gasteiger partial charge is 0.489 e. The fourth-order valence-electron chi connectivity index (χ4n) is 5.96. The molecule has 1 aromatic heterocycles. The third-order valence-corrected chi connectivity index (χ3v) is 9.13. The van der Waals surface area contributed by atoms with Crippen LogP contribution in [0.25, 0.3) is 11.3 Å². The van der Waals surface area contributed by atoms with Gasteiger partial charge in [-0.2, -0.15) is 0 Å². The van der Waals surface area contributed by atoms with Gasteiger partial charge in [0, 0.05) is 42.2 Å². The number of benzene rings is 2. The topological polar surface area (TPSA) is 114 Å². The van der Waals surface area contributed by atoms with Crippen LogP contribution < -0.4 is 15.2 Å². The molecule has 3 aromatic rings. The number of carbonyl (C=O) groups is 1. The number of thiol groups is 1. The minimum atomic E-state index is -1.01. The number of aromatic nitrogens is 1. The van der Waals surface area contributed by atoms with Gasteiger partial charge in [0.25, 0.3) is 0 Å². The fourth-order valence-corrected chi connectivity index (χ4v) is 6.89. The lowest BCUT2D eigenvalue weighted by atomic mass is 9.81. The molecule has 8 nitrogen and oxygen atoms in total. The third-order valence-electron chi connectivity index (χ3n) is 8.19. The normalized spacial score (nSPS) is 21.8. The maximum atomic E-state index is 11.3. The van der Waals surface area contributed by atoms with Crippen molar-refractivity contribution in [1.82, 2.24) is 15.4 Å². The van der Waals surface area contributed by atoms with Crippen molar-refractivity contribution in [3.8, 4) is 17.0 Å². The Kier molecular flexibility index (Phi) is 9.75. The Hall–Kier alpha value is -1.98. The van der Waals surface area contributed by atoms with E-state index in [4.69, 9.17) is 44.1 Å². The molecule has 1 saturated heterocycles. The number of hydrogen-bond donors (Lipinski definition) is 4. The van der Waals surface area contributed by atoms with Crippen LogP contribution in [0.1, 0.15) is 61.3 Å². The number of rotatable bonds is 9. The predicted molar refractivity (Wildman–Crippen MR) is 164 cm³/mol. The van der Waals surface area contributed by atoms with Gasteiger partial charge in [0.15, 0.2) is 0 Å². The second-order valence-electron chi connectivity index (χ2n) is 10.9. The van der Waals surface area contributed by atoms with Crippen molar-refractivity contribution in [2.75, 3.05) is 13.1 Å². The van der Waals surface area contributed by atoms with Gasteiger partial charge in [-0.3, -0.25) is 14.8 Å².